The van der Waals surface area contributed by atoms with Gasteiger partial charge in [-0.1, -0.05) is 5.92 Å². The number of nitrogens with zero attached hydrogens (tertiary/aromatic N) is 1. The molecule has 0 saturated carbocycles. The third-order valence-corrected chi connectivity index (χ3v) is 2.65. The van der Waals surface area contributed by atoms with E-state index in [4.69, 9.17) is 16.3 Å². The van der Waals surface area contributed by atoms with Gasteiger partial charge in [-0.3, -0.25) is 0 Å². The van der Waals surface area contributed by atoms with Crippen LogP contribution in [0.25, 0.3) is 0 Å². The molecular weight excluding hydrogens is 260 g/mol. The monoisotopic (exact) mass is 276 g/mol. The normalized spacial score (nSPS) is 9.45. The molecule has 0 aliphatic heterocycles. The van der Waals surface area contributed by atoms with Gasteiger partial charge in [0.15, 0.2) is 0 Å². The first-order chi connectivity index (χ1) is 9.53. The predicted molar refractivity (Wildman–Crippen MR) is 75.1 cm³/mol. The molecule has 20 heavy (non-hydrogen) atoms. The molecule has 0 fully saturated rings. The molecule has 0 aliphatic carbocycles. The number of methoxy groups -OCH3 is 1. The summed E-state index contributed by atoms with van der Waals surface area (Å²) in [6, 6.07) is 3.94. The smallest absolute Gasteiger partial charge is 0.337 e. The molecule has 106 valence electrons. The fraction of sp³-hybridized carbons (Fsp3) is 0.286. The van der Waals surface area contributed by atoms with Gasteiger partial charge in [0.2, 0.25) is 0 Å². The van der Waals surface area contributed by atoms with Crippen molar-refractivity contribution in [1.29, 1.82) is 0 Å². The van der Waals surface area contributed by atoms with Crippen LogP contribution in [0.15, 0.2) is 18.2 Å². The van der Waals surface area contributed by atoms with Crippen molar-refractivity contribution in [3.63, 3.8) is 0 Å². The van der Waals surface area contributed by atoms with Gasteiger partial charge in [-0.2, -0.15) is 0 Å². The second-order valence-electron chi connectivity index (χ2n) is 3.87. The van der Waals surface area contributed by atoms with Crippen LogP contribution in [0.5, 0.6) is 5.75 Å². The summed E-state index contributed by atoms with van der Waals surface area (Å²) < 4.78 is 4.96. The van der Waals surface area contributed by atoms with Crippen LogP contribution in [-0.4, -0.2) is 42.2 Å². The van der Waals surface area contributed by atoms with Crippen LogP contribution in [0.1, 0.15) is 17.3 Å². The molecule has 0 radical (unpaired) electrons. The zero-order valence-electron chi connectivity index (χ0n) is 11.3. The second-order valence-corrected chi connectivity index (χ2v) is 3.87. The average molecular weight is 276 g/mol. The largest absolute Gasteiger partial charge is 0.497 e. The molecule has 1 aromatic rings. The van der Waals surface area contributed by atoms with Crippen LogP contribution in [0.2, 0.25) is 0 Å². The number of hydrogen-bond acceptors (Lipinski definition) is 3. The number of urea groups is 1. The van der Waals surface area contributed by atoms with E-state index in [0.29, 0.717) is 12.3 Å². The summed E-state index contributed by atoms with van der Waals surface area (Å²) >= 11 is 0. The molecule has 0 aliphatic rings. The third-order valence-electron chi connectivity index (χ3n) is 2.65. The molecule has 0 bridgehead atoms. The van der Waals surface area contributed by atoms with Crippen molar-refractivity contribution in [2.24, 2.45) is 0 Å². The number of terminal acetylenes is 1. The van der Waals surface area contributed by atoms with Crippen LogP contribution in [0.4, 0.5) is 10.5 Å². The SMILES string of the molecule is C#CCN(CC)C(=O)Nc1ccc(OC)cc1C(=O)O. The first-order valence-electron chi connectivity index (χ1n) is 5.94. The minimum absolute atomic E-state index is 0.0468. The molecule has 2 amide bonds. The van der Waals surface area contributed by atoms with Gasteiger partial charge in [-0.25, -0.2) is 9.59 Å². The van der Waals surface area contributed by atoms with Gasteiger partial charge >= 0.3 is 12.0 Å². The lowest BCUT2D eigenvalue weighted by Gasteiger charge is -2.19. The van der Waals surface area contributed by atoms with Crippen molar-refractivity contribution >= 4 is 17.7 Å². The van der Waals surface area contributed by atoms with Gasteiger partial charge in [0, 0.05) is 6.54 Å². The van der Waals surface area contributed by atoms with E-state index in [1.807, 2.05) is 0 Å². The summed E-state index contributed by atoms with van der Waals surface area (Å²) in [6.45, 7) is 2.36. The number of carboxylic acid groups (broad SMARTS) is 1. The lowest BCUT2D eigenvalue weighted by atomic mass is 10.1. The first kappa shape index (κ1) is 15.4. The molecule has 1 aromatic carbocycles. The minimum Gasteiger partial charge on any atom is -0.497 e. The molecule has 6 heteroatoms. The Balaban J connectivity index is 3.00. The van der Waals surface area contributed by atoms with E-state index in [2.05, 4.69) is 11.2 Å². The summed E-state index contributed by atoms with van der Waals surface area (Å²) in [7, 11) is 1.44. The molecule has 2 N–H and O–H groups in total. The Morgan fingerprint density at radius 1 is 1.50 bits per heavy atom. The third kappa shape index (κ3) is 3.65. The maximum absolute atomic E-state index is 12.0. The van der Waals surface area contributed by atoms with E-state index in [9.17, 15) is 9.59 Å². The number of amides is 2. The average Bonchev–Trinajstić information content (AvgIpc) is 2.44. The minimum atomic E-state index is -1.15. The van der Waals surface area contributed by atoms with E-state index in [-0.39, 0.29) is 17.8 Å². The molecule has 0 heterocycles. The van der Waals surface area contributed by atoms with Gasteiger partial charge in [0.1, 0.15) is 5.75 Å². The van der Waals surface area contributed by atoms with Crippen molar-refractivity contribution in [3.8, 4) is 18.1 Å². The Hall–Kier alpha value is -2.68. The van der Waals surface area contributed by atoms with Gasteiger partial charge in [0.05, 0.1) is 24.9 Å². The van der Waals surface area contributed by atoms with Gasteiger partial charge in [-0.15, -0.1) is 6.42 Å². The number of rotatable bonds is 5. The fourth-order valence-corrected chi connectivity index (χ4v) is 1.57. The highest BCUT2D eigenvalue weighted by molar-refractivity contribution is 6.00. The maximum Gasteiger partial charge on any atom is 0.337 e. The quantitative estimate of drug-likeness (QED) is 0.805. The Labute approximate surface area is 117 Å². The highest BCUT2D eigenvalue weighted by Crippen LogP contribution is 2.22. The number of nitrogens with one attached hydrogen (secondary N) is 1. The Morgan fingerprint density at radius 3 is 2.70 bits per heavy atom. The molecule has 0 atom stereocenters. The molecular formula is C14H16N2O4. The topological polar surface area (TPSA) is 78.9 Å². The Bertz CT molecular complexity index is 549. The zero-order chi connectivity index (χ0) is 15.1. The number of carbonyl (C=O) groups excluding carboxylic acids is 1. The number of aromatic carboxylic acids is 1. The number of carboxylic acids is 1. The highest BCUT2D eigenvalue weighted by Gasteiger charge is 2.16. The van der Waals surface area contributed by atoms with Crippen molar-refractivity contribution < 1.29 is 19.4 Å². The Morgan fingerprint density at radius 2 is 2.20 bits per heavy atom. The van der Waals surface area contributed by atoms with E-state index in [0.717, 1.165) is 0 Å². The highest BCUT2D eigenvalue weighted by atomic mass is 16.5. The maximum atomic E-state index is 12.0. The number of anilines is 1. The molecule has 0 aromatic heterocycles. The Kier molecular flexibility index (Phi) is 5.42. The van der Waals surface area contributed by atoms with Crippen LogP contribution < -0.4 is 10.1 Å². The summed E-state index contributed by atoms with van der Waals surface area (Å²) in [5, 5.41) is 11.7. The van der Waals surface area contributed by atoms with Crippen molar-refractivity contribution in [3.05, 3.63) is 23.8 Å². The summed E-state index contributed by atoms with van der Waals surface area (Å²) in [5.41, 5.74) is 0.147. The van der Waals surface area contributed by atoms with Gasteiger partial charge in [0.25, 0.3) is 0 Å². The van der Waals surface area contributed by atoms with E-state index >= 15 is 0 Å². The fourth-order valence-electron chi connectivity index (χ4n) is 1.57. The van der Waals surface area contributed by atoms with Gasteiger partial charge < -0.3 is 20.1 Å². The standard InChI is InChI=1S/C14H16N2O4/c1-4-8-16(5-2)14(19)15-12-7-6-10(20-3)9-11(12)13(17)18/h1,6-7,9H,5,8H2,2-3H3,(H,15,19)(H,17,18). The first-order valence-corrected chi connectivity index (χ1v) is 5.94. The molecule has 0 unspecified atom stereocenters. The zero-order valence-corrected chi connectivity index (χ0v) is 11.3. The lowest BCUT2D eigenvalue weighted by Crippen LogP contribution is -2.35. The van der Waals surface area contributed by atoms with Crippen molar-refractivity contribution in [2.45, 2.75) is 6.92 Å². The van der Waals surface area contributed by atoms with Crippen LogP contribution in [-0.2, 0) is 0 Å². The van der Waals surface area contributed by atoms with Crippen LogP contribution in [0.3, 0.4) is 0 Å². The van der Waals surface area contributed by atoms with E-state index in [1.54, 1.807) is 13.0 Å². The van der Waals surface area contributed by atoms with Crippen molar-refractivity contribution in [1.82, 2.24) is 4.90 Å². The molecule has 1 rings (SSSR count). The number of benzene rings is 1. The van der Waals surface area contributed by atoms with Crippen molar-refractivity contribution in [2.75, 3.05) is 25.5 Å². The second kappa shape index (κ2) is 7.04. The number of carbonyl (C=O) groups is 2. The van der Waals surface area contributed by atoms with Gasteiger partial charge in [-0.05, 0) is 25.1 Å². The summed E-state index contributed by atoms with van der Waals surface area (Å²) in [4.78, 5) is 24.5. The molecule has 6 nitrogen and oxygen atoms in total. The van der Waals surface area contributed by atoms with Crippen LogP contribution in [0, 0.1) is 12.3 Å². The lowest BCUT2D eigenvalue weighted by molar-refractivity contribution is 0.0697. The summed E-state index contributed by atoms with van der Waals surface area (Å²) in [5.74, 6) is 1.62. The van der Waals surface area contributed by atoms with Crippen LogP contribution >= 0.6 is 0 Å². The number of ether oxygens (including phenoxy) is 1. The summed E-state index contributed by atoms with van der Waals surface area (Å²) in [6.07, 6.45) is 5.17. The molecule has 0 spiro atoms. The van der Waals surface area contributed by atoms with E-state index < -0.39 is 12.0 Å². The number of hydrogen-bond donors (Lipinski definition) is 2. The predicted octanol–water partition coefficient (Wildman–Crippen LogP) is 1.88. The molecule has 0 saturated heterocycles. The van der Waals surface area contributed by atoms with E-state index in [1.165, 1.54) is 24.1 Å².